The molecule has 1 amide bonds. The lowest BCUT2D eigenvalue weighted by Crippen LogP contribution is -2.38. The zero-order valence-corrected chi connectivity index (χ0v) is 18.1. The molecule has 0 unspecified atom stereocenters. The largest absolute Gasteiger partial charge is 0.341 e. The van der Waals surface area contributed by atoms with Crippen LogP contribution in [0.25, 0.3) is 0 Å². The Balaban J connectivity index is 1.45. The van der Waals surface area contributed by atoms with Crippen LogP contribution in [0, 0.1) is 12.8 Å². The van der Waals surface area contributed by atoms with Crippen molar-refractivity contribution in [3.8, 4) is 0 Å². The zero-order valence-electron chi connectivity index (χ0n) is 16.5. The van der Waals surface area contributed by atoms with Crippen LogP contribution in [0.15, 0.2) is 46.7 Å². The second kappa shape index (κ2) is 9.20. The molecule has 1 fully saturated rings. The van der Waals surface area contributed by atoms with Gasteiger partial charge in [0.05, 0.1) is 0 Å². The molecule has 1 aliphatic heterocycles. The lowest BCUT2D eigenvalue weighted by Gasteiger charge is -2.31. The standard InChI is InChI=1S/C21H28N2O3S2/c1-17-8-11-21(27-17)28(25,26)23-14-12-18(13-15-23)9-10-20(24)22(2)16-19-6-4-3-5-7-19/h3-8,11,18H,9-10,12-16H2,1-2H3. The molecule has 7 heteroatoms. The topological polar surface area (TPSA) is 57.7 Å². The van der Waals surface area contributed by atoms with E-state index in [0.29, 0.717) is 36.2 Å². The number of amides is 1. The molecule has 0 radical (unpaired) electrons. The number of rotatable bonds is 7. The van der Waals surface area contributed by atoms with E-state index < -0.39 is 10.0 Å². The minimum absolute atomic E-state index is 0.146. The summed E-state index contributed by atoms with van der Waals surface area (Å²) in [5, 5.41) is 0. The van der Waals surface area contributed by atoms with Crippen LogP contribution in [0.3, 0.4) is 0 Å². The van der Waals surface area contributed by atoms with Crippen molar-refractivity contribution in [2.24, 2.45) is 5.92 Å². The van der Waals surface area contributed by atoms with E-state index in [1.54, 1.807) is 15.3 Å². The monoisotopic (exact) mass is 420 g/mol. The molecule has 3 rings (SSSR count). The Morgan fingerprint density at radius 2 is 1.82 bits per heavy atom. The van der Waals surface area contributed by atoms with E-state index >= 15 is 0 Å². The molecule has 0 atom stereocenters. The molecule has 152 valence electrons. The number of nitrogens with zero attached hydrogens (tertiary/aromatic N) is 2. The Kier molecular flexibility index (Phi) is 6.91. The summed E-state index contributed by atoms with van der Waals surface area (Å²) in [6.45, 7) is 3.62. The van der Waals surface area contributed by atoms with Gasteiger partial charge in [-0.15, -0.1) is 11.3 Å². The van der Waals surface area contributed by atoms with Gasteiger partial charge in [-0.1, -0.05) is 30.3 Å². The van der Waals surface area contributed by atoms with Crippen molar-refractivity contribution < 1.29 is 13.2 Å². The highest BCUT2D eigenvalue weighted by molar-refractivity contribution is 7.91. The Hall–Kier alpha value is -1.70. The van der Waals surface area contributed by atoms with Crippen LogP contribution in [-0.4, -0.2) is 43.7 Å². The summed E-state index contributed by atoms with van der Waals surface area (Å²) in [6.07, 6.45) is 2.98. The molecule has 2 heterocycles. The van der Waals surface area contributed by atoms with E-state index in [1.165, 1.54) is 11.3 Å². The number of aryl methyl sites for hydroxylation is 1. The van der Waals surface area contributed by atoms with Gasteiger partial charge in [-0.2, -0.15) is 4.31 Å². The second-order valence-corrected chi connectivity index (χ2v) is 10.9. The molecule has 0 saturated carbocycles. The van der Waals surface area contributed by atoms with Crippen LogP contribution in [0.5, 0.6) is 0 Å². The van der Waals surface area contributed by atoms with Gasteiger partial charge in [0.1, 0.15) is 4.21 Å². The first-order valence-corrected chi connectivity index (χ1v) is 12.0. The van der Waals surface area contributed by atoms with Gasteiger partial charge in [0.25, 0.3) is 10.0 Å². The smallest absolute Gasteiger partial charge is 0.252 e. The third-order valence-corrected chi connectivity index (χ3v) is 8.70. The number of hydrogen-bond donors (Lipinski definition) is 0. The summed E-state index contributed by atoms with van der Waals surface area (Å²) in [7, 11) is -1.53. The van der Waals surface area contributed by atoms with Crippen LogP contribution >= 0.6 is 11.3 Å². The van der Waals surface area contributed by atoms with Crippen molar-refractivity contribution in [3.63, 3.8) is 0 Å². The molecule has 5 nitrogen and oxygen atoms in total. The first-order valence-electron chi connectivity index (χ1n) is 9.71. The third kappa shape index (κ3) is 5.21. The Bertz CT molecular complexity index is 885. The predicted molar refractivity (Wildman–Crippen MR) is 113 cm³/mol. The van der Waals surface area contributed by atoms with Crippen LogP contribution in [0.2, 0.25) is 0 Å². The first-order chi connectivity index (χ1) is 13.4. The molecular weight excluding hydrogens is 392 g/mol. The molecule has 28 heavy (non-hydrogen) atoms. The van der Waals surface area contributed by atoms with Gasteiger partial charge in [0.2, 0.25) is 5.91 Å². The highest BCUT2D eigenvalue weighted by atomic mass is 32.2. The van der Waals surface area contributed by atoms with Crippen molar-refractivity contribution in [2.75, 3.05) is 20.1 Å². The van der Waals surface area contributed by atoms with Crippen LogP contribution in [0.4, 0.5) is 0 Å². The van der Waals surface area contributed by atoms with Gasteiger partial charge in [-0.05, 0) is 49.8 Å². The lowest BCUT2D eigenvalue weighted by atomic mass is 9.93. The summed E-state index contributed by atoms with van der Waals surface area (Å²) in [5.41, 5.74) is 1.13. The summed E-state index contributed by atoms with van der Waals surface area (Å²) in [6, 6.07) is 13.5. The van der Waals surface area contributed by atoms with Crippen molar-refractivity contribution in [2.45, 2.75) is 43.4 Å². The molecule has 1 aliphatic rings. The molecule has 0 aliphatic carbocycles. The quantitative estimate of drug-likeness (QED) is 0.683. The highest BCUT2D eigenvalue weighted by Crippen LogP contribution is 2.29. The van der Waals surface area contributed by atoms with Crippen LogP contribution in [0.1, 0.15) is 36.1 Å². The lowest BCUT2D eigenvalue weighted by molar-refractivity contribution is -0.130. The maximum absolute atomic E-state index is 12.7. The van der Waals surface area contributed by atoms with Gasteiger partial charge in [-0.25, -0.2) is 8.42 Å². The number of carbonyl (C=O) groups excluding carboxylic acids is 1. The fraction of sp³-hybridized carbons (Fsp3) is 0.476. The van der Waals surface area contributed by atoms with E-state index in [4.69, 9.17) is 0 Å². The summed E-state index contributed by atoms with van der Waals surface area (Å²) in [5.74, 6) is 0.554. The van der Waals surface area contributed by atoms with Crippen molar-refractivity contribution in [1.29, 1.82) is 0 Å². The summed E-state index contributed by atoms with van der Waals surface area (Å²) >= 11 is 1.33. The third-order valence-electron chi connectivity index (χ3n) is 5.34. The Morgan fingerprint density at radius 1 is 1.14 bits per heavy atom. The van der Waals surface area contributed by atoms with Gasteiger partial charge in [0, 0.05) is 38.0 Å². The second-order valence-electron chi connectivity index (χ2n) is 7.49. The molecule has 2 aromatic rings. The van der Waals surface area contributed by atoms with Gasteiger partial charge < -0.3 is 4.90 Å². The van der Waals surface area contributed by atoms with E-state index in [2.05, 4.69) is 0 Å². The Morgan fingerprint density at radius 3 is 2.43 bits per heavy atom. The van der Waals surface area contributed by atoms with Gasteiger partial charge in [-0.3, -0.25) is 4.79 Å². The number of carbonyl (C=O) groups is 1. The zero-order chi connectivity index (χ0) is 20.1. The summed E-state index contributed by atoms with van der Waals surface area (Å²) < 4.78 is 27.5. The molecule has 1 aromatic carbocycles. The summed E-state index contributed by atoms with van der Waals surface area (Å²) in [4.78, 5) is 15.2. The van der Waals surface area contributed by atoms with E-state index in [-0.39, 0.29) is 5.91 Å². The highest BCUT2D eigenvalue weighted by Gasteiger charge is 2.30. The molecular formula is C21H28N2O3S2. The predicted octanol–water partition coefficient (Wildman–Crippen LogP) is 3.90. The van der Waals surface area contributed by atoms with Crippen LogP contribution < -0.4 is 0 Å². The van der Waals surface area contributed by atoms with Crippen molar-refractivity contribution >= 4 is 27.3 Å². The molecule has 0 N–H and O–H groups in total. The number of hydrogen-bond acceptors (Lipinski definition) is 4. The van der Waals surface area contributed by atoms with Gasteiger partial charge in [0.15, 0.2) is 0 Å². The SMILES string of the molecule is Cc1ccc(S(=O)(=O)N2CCC(CCC(=O)N(C)Cc3ccccc3)CC2)s1. The van der Waals surface area contributed by atoms with Gasteiger partial charge >= 0.3 is 0 Å². The molecule has 1 aromatic heterocycles. The minimum atomic E-state index is -3.37. The van der Waals surface area contributed by atoms with Crippen molar-refractivity contribution in [3.05, 3.63) is 52.9 Å². The number of piperidine rings is 1. The maximum Gasteiger partial charge on any atom is 0.252 e. The molecule has 1 saturated heterocycles. The molecule has 0 bridgehead atoms. The van der Waals surface area contributed by atoms with E-state index in [1.807, 2.05) is 50.4 Å². The average Bonchev–Trinajstić information content (AvgIpc) is 3.14. The Labute approximate surface area is 172 Å². The fourth-order valence-corrected chi connectivity index (χ4v) is 6.49. The van der Waals surface area contributed by atoms with E-state index in [0.717, 1.165) is 29.7 Å². The normalized spacial score (nSPS) is 16.2. The number of sulfonamides is 1. The van der Waals surface area contributed by atoms with Crippen LogP contribution in [-0.2, 0) is 21.4 Å². The van der Waals surface area contributed by atoms with E-state index in [9.17, 15) is 13.2 Å². The average molecular weight is 421 g/mol. The molecule has 0 spiro atoms. The minimum Gasteiger partial charge on any atom is -0.341 e. The maximum atomic E-state index is 12.7. The number of benzene rings is 1. The fourth-order valence-electron chi connectivity index (χ4n) is 3.58. The van der Waals surface area contributed by atoms with Crippen molar-refractivity contribution in [1.82, 2.24) is 9.21 Å². The first kappa shape index (κ1) is 21.0. The number of thiophene rings is 1.